The van der Waals surface area contributed by atoms with Gasteiger partial charge in [-0.2, -0.15) is 5.06 Å². The molecule has 5 heteroatoms. The molecule has 2 fully saturated rings. The third-order valence-corrected chi connectivity index (χ3v) is 4.24. The Labute approximate surface area is 131 Å². The number of esters is 1. The van der Waals surface area contributed by atoms with Gasteiger partial charge in [0, 0.05) is 18.9 Å². The van der Waals surface area contributed by atoms with Crippen LogP contribution in [0.4, 0.5) is 0 Å². The van der Waals surface area contributed by atoms with Crippen molar-refractivity contribution in [1.29, 1.82) is 0 Å². The number of hydrogen-bond acceptors (Lipinski definition) is 5. The Kier molecular flexibility index (Phi) is 4.21. The fraction of sp³-hybridized carbons (Fsp3) is 0.588. The smallest absolute Gasteiger partial charge is 0.302 e. The summed E-state index contributed by atoms with van der Waals surface area (Å²) in [5.41, 5.74) is 1.00. The summed E-state index contributed by atoms with van der Waals surface area (Å²) in [6, 6.07) is 10.2. The number of nitrogens with zero attached hydrogens (tertiary/aromatic N) is 1. The van der Waals surface area contributed by atoms with E-state index in [-0.39, 0.29) is 29.9 Å². The van der Waals surface area contributed by atoms with Crippen molar-refractivity contribution in [2.75, 3.05) is 6.61 Å². The Bertz CT molecular complexity index is 531. The molecule has 0 radical (unpaired) electrons. The number of fused-ring (bicyclic) bond motifs is 1. The SMILES string of the molecule is CC(=O)OC[C@@H]1CC(C)(C)N2O[C@H](c3ccccc3)C[C@H]2O1. The first kappa shape index (κ1) is 15.5. The number of rotatable bonds is 3. The van der Waals surface area contributed by atoms with Crippen LogP contribution in [0, 0.1) is 0 Å². The Morgan fingerprint density at radius 1 is 1.36 bits per heavy atom. The molecule has 2 aliphatic heterocycles. The monoisotopic (exact) mass is 305 g/mol. The van der Waals surface area contributed by atoms with E-state index >= 15 is 0 Å². The van der Waals surface area contributed by atoms with Gasteiger partial charge in [-0.3, -0.25) is 9.63 Å². The summed E-state index contributed by atoms with van der Waals surface area (Å²) in [6.45, 7) is 6.00. The van der Waals surface area contributed by atoms with Gasteiger partial charge >= 0.3 is 5.97 Å². The Morgan fingerprint density at radius 3 is 2.77 bits per heavy atom. The van der Waals surface area contributed by atoms with Crippen LogP contribution in [0.2, 0.25) is 0 Å². The first-order chi connectivity index (χ1) is 10.5. The predicted molar refractivity (Wildman–Crippen MR) is 80.7 cm³/mol. The molecule has 0 aliphatic carbocycles. The highest BCUT2D eigenvalue weighted by Gasteiger charge is 2.49. The number of hydrogen-bond donors (Lipinski definition) is 0. The van der Waals surface area contributed by atoms with Gasteiger partial charge in [-0.05, 0) is 25.8 Å². The molecule has 2 saturated heterocycles. The van der Waals surface area contributed by atoms with Gasteiger partial charge < -0.3 is 9.47 Å². The van der Waals surface area contributed by atoms with Crippen LogP contribution >= 0.6 is 0 Å². The molecule has 2 heterocycles. The lowest BCUT2D eigenvalue weighted by molar-refractivity contribution is -0.306. The normalized spacial score (nSPS) is 30.8. The molecule has 2 aliphatic rings. The summed E-state index contributed by atoms with van der Waals surface area (Å²) in [4.78, 5) is 17.1. The maximum atomic E-state index is 11.0. The highest BCUT2D eigenvalue weighted by molar-refractivity contribution is 5.65. The van der Waals surface area contributed by atoms with E-state index in [2.05, 4.69) is 26.0 Å². The molecule has 22 heavy (non-hydrogen) atoms. The topological polar surface area (TPSA) is 48.0 Å². The van der Waals surface area contributed by atoms with Crippen molar-refractivity contribution in [3.63, 3.8) is 0 Å². The molecule has 1 aromatic rings. The van der Waals surface area contributed by atoms with Gasteiger partial charge in [-0.25, -0.2) is 0 Å². The molecule has 0 aromatic heterocycles. The standard InChI is InChI=1S/C17H23NO4/c1-12(19)20-11-14-10-17(2,3)18-16(21-14)9-15(22-18)13-7-5-4-6-8-13/h4-8,14-16H,9-11H2,1-3H3/t14-,15-,16+/m0/s1. The van der Waals surface area contributed by atoms with Gasteiger partial charge in [0.1, 0.15) is 18.9 Å². The van der Waals surface area contributed by atoms with Crippen molar-refractivity contribution in [1.82, 2.24) is 5.06 Å². The van der Waals surface area contributed by atoms with E-state index in [1.54, 1.807) is 0 Å². The zero-order chi connectivity index (χ0) is 15.7. The Hall–Kier alpha value is -1.43. The number of hydroxylamine groups is 2. The fourth-order valence-electron chi connectivity index (χ4n) is 3.26. The molecule has 1 aromatic carbocycles. The first-order valence-electron chi connectivity index (χ1n) is 7.75. The lowest BCUT2D eigenvalue weighted by Crippen LogP contribution is -2.55. The average molecular weight is 305 g/mol. The van der Waals surface area contributed by atoms with Crippen molar-refractivity contribution in [3.8, 4) is 0 Å². The first-order valence-corrected chi connectivity index (χ1v) is 7.75. The molecule has 0 amide bonds. The molecule has 0 bridgehead atoms. The van der Waals surface area contributed by atoms with Crippen LogP contribution in [0.15, 0.2) is 30.3 Å². The maximum Gasteiger partial charge on any atom is 0.302 e. The molecular weight excluding hydrogens is 282 g/mol. The van der Waals surface area contributed by atoms with Crippen LogP contribution in [0.5, 0.6) is 0 Å². The molecule has 5 nitrogen and oxygen atoms in total. The van der Waals surface area contributed by atoms with Gasteiger partial charge in [0.2, 0.25) is 0 Å². The lowest BCUT2D eigenvalue weighted by atomic mass is 9.93. The Morgan fingerprint density at radius 2 is 2.09 bits per heavy atom. The molecule has 0 saturated carbocycles. The third-order valence-electron chi connectivity index (χ3n) is 4.24. The van der Waals surface area contributed by atoms with E-state index in [4.69, 9.17) is 14.3 Å². The van der Waals surface area contributed by atoms with Gasteiger partial charge in [0.05, 0.1) is 6.10 Å². The van der Waals surface area contributed by atoms with Crippen molar-refractivity contribution in [2.24, 2.45) is 0 Å². The second-order valence-electron chi connectivity index (χ2n) is 6.60. The average Bonchev–Trinajstić information content (AvgIpc) is 2.91. The molecule has 3 atom stereocenters. The molecule has 120 valence electrons. The summed E-state index contributed by atoms with van der Waals surface area (Å²) in [5, 5.41) is 1.97. The molecule has 0 spiro atoms. The van der Waals surface area contributed by atoms with E-state index in [0.717, 1.165) is 18.4 Å². The van der Waals surface area contributed by atoms with E-state index in [9.17, 15) is 4.79 Å². The second-order valence-corrected chi connectivity index (χ2v) is 6.60. The highest BCUT2D eigenvalue weighted by Crippen LogP contribution is 2.43. The van der Waals surface area contributed by atoms with E-state index < -0.39 is 0 Å². The van der Waals surface area contributed by atoms with E-state index in [0.29, 0.717) is 6.61 Å². The van der Waals surface area contributed by atoms with Gasteiger partial charge in [0.25, 0.3) is 0 Å². The maximum absolute atomic E-state index is 11.0. The molecule has 0 unspecified atom stereocenters. The third kappa shape index (κ3) is 3.16. The van der Waals surface area contributed by atoms with Crippen molar-refractivity contribution < 1.29 is 19.1 Å². The van der Waals surface area contributed by atoms with Crippen molar-refractivity contribution in [2.45, 2.75) is 57.6 Å². The van der Waals surface area contributed by atoms with Crippen LogP contribution in [0.1, 0.15) is 45.3 Å². The van der Waals surface area contributed by atoms with Crippen LogP contribution < -0.4 is 0 Å². The number of carbonyl (C=O) groups excluding carboxylic acids is 1. The summed E-state index contributed by atoms with van der Waals surface area (Å²) in [6.07, 6.45) is 1.37. The van der Waals surface area contributed by atoms with E-state index in [1.807, 2.05) is 23.3 Å². The summed E-state index contributed by atoms with van der Waals surface area (Å²) < 4.78 is 11.2. The minimum atomic E-state index is -0.270. The minimum absolute atomic E-state index is 0.0120. The zero-order valence-corrected chi connectivity index (χ0v) is 13.3. The van der Waals surface area contributed by atoms with Crippen molar-refractivity contribution in [3.05, 3.63) is 35.9 Å². The summed E-state index contributed by atoms with van der Waals surface area (Å²) in [7, 11) is 0. The number of carbonyl (C=O) groups is 1. The second kappa shape index (κ2) is 5.99. The molecule has 3 rings (SSSR count). The van der Waals surface area contributed by atoms with Gasteiger partial charge in [-0.15, -0.1) is 0 Å². The largest absolute Gasteiger partial charge is 0.463 e. The predicted octanol–water partition coefficient (Wildman–Crippen LogP) is 2.82. The number of ether oxygens (including phenoxy) is 2. The molecular formula is C17H23NO4. The van der Waals surface area contributed by atoms with Crippen LogP contribution in [0.25, 0.3) is 0 Å². The van der Waals surface area contributed by atoms with Crippen molar-refractivity contribution >= 4 is 5.97 Å². The fourth-order valence-corrected chi connectivity index (χ4v) is 3.26. The lowest BCUT2D eigenvalue weighted by Gasteiger charge is -2.45. The van der Waals surface area contributed by atoms with Gasteiger partial charge in [-0.1, -0.05) is 30.3 Å². The Balaban J connectivity index is 1.70. The van der Waals surface area contributed by atoms with E-state index in [1.165, 1.54) is 6.92 Å². The number of benzene rings is 1. The van der Waals surface area contributed by atoms with Gasteiger partial charge in [0.15, 0.2) is 0 Å². The quantitative estimate of drug-likeness (QED) is 0.804. The van der Waals surface area contributed by atoms with Crippen LogP contribution in [-0.2, 0) is 19.1 Å². The zero-order valence-electron chi connectivity index (χ0n) is 13.3. The minimum Gasteiger partial charge on any atom is -0.463 e. The van der Waals surface area contributed by atoms with Crippen LogP contribution in [0.3, 0.4) is 0 Å². The summed E-state index contributed by atoms with van der Waals surface area (Å²) in [5.74, 6) is -0.270. The summed E-state index contributed by atoms with van der Waals surface area (Å²) >= 11 is 0. The molecule has 0 N–H and O–H groups in total. The highest BCUT2D eigenvalue weighted by atomic mass is 16.7. The van der Waals surface area contributed by atoms with Crippen LogP contribution in [-0.4, -0.2) is 35.5 Å².